The van der Waals surface area contributed by atoms with Crippen LogP contribution in [0.25, 0.3) is 0 Å². The zero-order valence-corrected chi connectivity index (χ0v) is 16.2. The van der Waals surface area contributed by atoms with Crippen LogP contribution in [0.4, 0.5) is 10.2 Å². The highest BCUT2D eigenvalue weighted by molar-refractivity contribution is 5.42. The first-order valence-electron chi connectivity index (χ1n) is 9.83. The van der Waals surface area contributed by atoms with Crippen LogP contribution in [0.5, 0.6) is 5.75 Å². The first-order valence-corrected chi connectivity index (χ1v) is 9.83. The average molecular weight is 370 g/mol. The molecule has 0 spiro atoms. The van der Waals surface area contributed by atoms with Crippen molar-refractivity contribution in [1.29, 1.82) is 0 Å². The van der Waals surface area contributed by atoms with Gasteiger partial charge in [-0.2, -0.15) is 0 Å². The van der Waals surface area contributed by atoms with E-state index in [0.717, 1.165) is 38.5 Å². The van der Waals surface area contributed by atoms with Gasteiger partial charge in [0, 0.05) is 32.7 Å². The minimum atomic E-state index is -0.297. The summed E-state index contributed by atoms with van der Waals surface area (Å²) in [5.74, 6) is 1.74. The number of aryl methyl sites for hydroxylation is 4. The third-order valence-corrected chi connectivity index (χ3v) is 5.53. The standard InChI is InChI=1S/C21H27FN4O/c1-15-20(22)21(24-16(2)23-15)26-10-8-25(9-11-26)12-13-27-19-7-6-17-4-3-5-18(17)14-19/h6-7,14H,3-5,8-13H2,1-2H3. The number of anilines is 1. The van der Waals surface area contributed by atoms with Crippen LogP contribution in [0.1, 0.15) is 29.1 Å². The Bertz CT molecular complexity index is 818. The summed E-state index contributed by atoms with van der Waals surface area (Å²) in [6, 6.07) is 6.49. The quantitative estimate of drug-likeness (QED) is 0.810. The minimum absolute atomic E-state index is 0.297. The molecule has 2 heterocycles. The van der Waals surface area contributed by atoms with Crippen LogP contribution in [-0.4, -0.2) is 54.2 Å². The predicted molar refractivity (Wildman–Crippen MR) is 104 cm³/mol. The molecule has 144 valence electrons. The molecule has 2 aromatic rings. The van der Waals surface area contributed by atoms with Crippen molar-refractivity contribution in [2.75, 3.05) is 44.2 Å². The van der Waals surface area contributed by atoms with Gasteiger partial charge in [0.2, 0.25) is 0 Å². The second-order valence-electron chi connectivity index (χ2n) is 7.46. The Morgan fingerprint density at radius 3 is 2.63 bits per heavy atom. The second kappa shape index (κ2) is 7.80. The maximum Gasteiger partial charge on any atom is 0.186 e. The molecular formula is C21H27FN4O. The van der Waals surface area contributed by atoms with Crippen LogP contribution in [-0.2, 0) is 12.8 Å². The van der Waals surface area contributed by atoms with Crippen molar-refractivity contribution in [3.05, 3.63) is 46.7 Å². The Hall–Kier alpha value is -2.21. The monoisotopic (exact) mass is 370 g/mol. The molecule has 0 radical (unpaired) electrons. The van der Waals surface area contributed by atoms with Crippen LogP contribution in [0.2, 0.25) is 0 Å². The van der Waals surface area contributed by atoms with Crippen LogP contribution in [0, 0.1) is 19.7 Å². The smallest absolute Gasteiger partial charge is 0.186 e. The van der Waals surface area contributed by atoms with E-state index in [1.54, 1.807) is 6.92 Å². The lowest BCUT2D eigenvalue weighted by Gasteiger charge is -2.35. The molecule has 4 rings (SSSR count). The summed E-state index contributed by atoms with van der Waals surface area (Å²) in [5, 5.41) is 0. The van der Waals surface area contributed by atoms with E-state index in [1.807, 2.05) is 11.8 Å². The van der Waals surface area contributed by atoms with Gasteiger partial charge in [-0.15, -0.1) is 0 Å². The van der Waals surface area contributed by atoms with E-state index in [-0.39, 0.29) is 5.82 Å². The van der Waals surface area contributed by atoms with Crippen LogP contribution >= 0.6 is 0 Å². The molecule has 27 heavy (non-hydrogen) atoms. The highest BCUT2D eigenvalue weighted by Gasteiger charge is 2.22. The lowest BCUT2D eigenvalue weighted by molar-refractivity contribution is 0.200. The number of rotatable bonds is 5. The number of benzene rings is 1. The van der Waals surface area contributed by atoms with Crippen molar-refractivity contribution in [2.24, 2.45) is 0 Å². The van der Waals surface area contributed by atoms with Gasteiger partial charge in [0.25, 0.3) is 0 Å². The Labute approximate surface area is 160 Å². The fourth-order valence-corrected chi connectivity index (χ4v) is 4.00. The molecule has 1 aliphatic carbocycles. The van der Waals surface area contributed by atoms with Crippen molar-refractivity contribution in [3.8, 4) is 5.75 Å². The molecule has 0 saturated carbocycles. The highest BCUT2D eigenvalue weighted by Crippen LogP contribution is 2.26. The number of hydrogen-bond acceptors (Lipinski definition) is 5. The molecule has 1 fully saturated rings. The third-order valence-electron chi connectivity index (χ3n) is 5.53. The Morgan fingerprint density at radius 1 is 1.04 bits per heavy atom. The molecular weight excluding hydrogens is 343 g/mol. The summed E-state index contributed by atoms with van der Waals surface area (Å²) in [5.41, 5.74) is 3.34. The predicted octanol–water partition coefficient (Wildman–Crippen LogP) is 2.92. The van der Waals surface area contributed by atoms with Gasteiger partial charge >= 0.3 is 0 Å². The van der Waals surface area contributed by atoms with E-state index in [1.165, 1.54) is 30.4 Å². The molecule has 0 amide bonds. The van der Waals surface area contributed by atoms with Gasteiger partial charge in [-0.1, -0.05) is 6.07 Å². The lowest BCUT2D eigenvalue weighted by atomic mass is 10.1. The molecule has 0 N–H and O–H groups in total. The number of ether oxygens (including phenoxy) is 1. The van der Waals surface area contributed by atoms with Crippen molar-refractivity contribution in [1.82, 2.24) is 14.9 Å². The first-order chi connectivity index (χ1) is 13.1. The molecule has 6 heteroatoms. The van der Waals surface area contributed by atoms with Gasteiger partial charge in [0.05, 0.1) is 5.69 Å². The van der Waals surface area contributed by atoms with E-state index < -0.39 is 0 Å². The van der Waals surface area contributed by atoms with E-state index in [2.05, 4.69) is 33.1 Å². The highest BCUT2D eigenvalue weighted by atomic mass is 19.1. The Morgan fingerprint density at radius 2 is 1.81 bits per heavy atom. The topological polar surface area (TPSA) is 41.5 Å². The SMILES string of the molecule is Cc1nc(C)c(F)c(N2CCN(CCOc3ccc4c(c3)CCC4)CC2)n1. The number of halogens is 1. The van der Waals surface area contributed by atoms with Gasteiger partial charge in [0.1, 0.15) is 18.2 Å². The molecule has 1 aliphatic heterocycles. The van der Waals surface area contributed by atoms with E-state index in [4.69, 9.17) is 4.74 Å². The van der Waals surface area contributed by atoms with Crippen molar-refractivity contribution >= 4 is 5.82 Å². The van der Waals surface area contributed by atoms with Crippen LogP contribution in [0.3, 0.4) is 0 Å². The maximum atomic E-state index is 14.3. The molecule has 1 aromatic heterocycles. The summed E-state index contributed by atoms with van der Waals surface area (Å²) < 4.78 is 20.3. The van der Waals surface area contributed by atoms with Gasteiger partial charge in [-0.25, -0.2) is 14.4 Å². The summed E-state index contributed by atoms with van der Waals surface area (Å²) in [6.07, 6.45) is 3.63. The van der Waals surface area contributed by atoms with Crippen molar-refractivity contribution in [3.63, 3.8) is 0 Å². The number of aromatic nitrogens is 2. The molecule has 5 nitrogen and oxygen atoms in total. The van der Waals surface area contributed by atoms with E-state index in [0.29, 0.717) is 23.9 Å². The van der Waals surface area contributed by atoms with Crippen LogP contribution < -0.4 is 9.64 Å². The van der Waals surface area contributed by atoms with Gasteiger partial charge in [0.15, 0.2) is 11.6 Å². The molecule has 2 aliphatic rings. The second-order valence-corrected chi connectivity index (χ2v) is 7.46. The summed E-state index contributed by atoms with van der Waals surface area (Å²) in [7, 11) is 0. The Kier molecular flexibility index (Phi) is 5.25. The number of nitrogens with zero attached hydrogens (tertiary/aromatic N) is 4. The van der Waals surface area contributed by atoms with Crippen molar-refractivity contribution < 1.29 is 9.13 Å². The molecule has 0 unspecified atom stereocenters. The molecule has 0 atom stereocenters. The van der Waals surface area contributed by atoms with Crippen LogP contribution in [0.15, 0.2) is 18.2 Å². The van der Waals surface area contributed by atoms with Gasteiger partial charge in [-0.05, 0) is 56.4 Å². The molecule has 1 saturated heterocycles. The van der Waals surface area contributed by atoms with Gasteiger partial charge in [-0.3, -0.25) is 4.90 Å². The maximum absolute atomic E-state index is 14.3. The lowest BCUT2D eigenvalue weighted by Crippen LogP contribution is -2.48. The normalized spacial score (nSPS) is 17.2. The largest absolute Gasteiger partial charge is 0.492 e. The number of fused-ring (bicyclic) bond motifs is 1. The molecule has 1 aromatic carbocycles. The Balaban J connectivity index is 1.26. The minimum Gasteiger partial charge on any atom is -0.492 e. The number of piperazine rings is 1. The fourth-order valence-electron chi connectivity index (χ4n) is 4.00. The number of hydrogen-bond donors (Lipinski definition) is 0. The third kappa shape index (κ3) is 4.05. The zero-order valence-electron chi connectivity index (χ0n) is 16.2. The average Bonchev–Trinajstić information content (AvgIpc) is 3.13. The van der Waals surface area contributed by atoms with E-state index >= 15 is 0 Å². The first kappa shape index (κ1) is 18.2. The van der Waals surface area contributed by atoms with Crippen molar-refractivity contribution in [2.45, 2.75) is 33.1 Å². The summed E-state index contributed by atoms with van der Waals surface area (Å²) >= 11 is 0. The van der Waals surface area contributed by atoms with Gasteiger partial charge < -0.3 is 9.64 Å². The fraction of sp³-hybridized carbons (Fsp3) is 0.524. The summed E-state index contributed by atoms with van der Waals surface area (Å²) in [4.78, 5) is 12.8. The molecule has 0 bridgehead atoms. The zero-order chi connectivity index (χ0) is 18.8. The summed E-state index contributed by atoms with van der Waals surface area (Å²) in [6.45, 7) is 8.37. The van der Waals surface area contributed by atoms with E-state index in [9.17, 15) is 4.39 Å².